The molecular weight excluding hydrogens is 244 g/mol. The standard InChI is InChI=1S/C16H23ClO/c1-3-15(11-17)10-9-14(2)12-18-13-16-7-5-4-6-8-16/h4-8,11,14H,3,9-10,12-13H2,1-2H3/t14-/m0/s1. The van der Waals surface area contributed by atoms with E-state index in [2.05, 4.69) is 26.0 Å². The highest BCUT2D eigenvalue weighted by Crippen LogP contribution is 2.16. The molecule has 100 valence electrons. The first kappa shape index (κ1) is 15.3. The fraction of sp³-hybridized carbons (Fsp3) is 0.500. The zero-order valence-electron chi connectivity index (χ0n) is 11.4. The van der Waals surface area contributed by atoms with E-state index in [1.54, 1.807) is 5.54 Å². The van der Waals surface area contributed by atoms with E-state index in [0.717, 1.165) is 25.9 Å². The monoisotopic (exact) mass is 266 g/mol. The molecule has 1 nitrogen and oxygen atoms in total. The van der Waals surface area contributed by atoms with Gasteiger partial charge in [-0.05, 0) is 30.7 Å². The second kappa shape index (κ2) is 9.18. The van der Waals surface area contributed by atoms with E-state index in [9.17, 15) is 0 Å². The van der Waals surface area contributed by atoms with E-state index >= 15 is 0 Å². The molecule has 1 rings (SSSR count). The van der Waals surface area contributed by atoms with Gasteiger partial charge in [0, 0.05) is 12.1 Å². The molecule has 0 saturated heterocycles. The number of allylic oxidation sites excluding steroid dienone is 1. The van der Waals surface area contributed by atoms with Crippen LogP contribution in [0.25, 0.3) is 0 Å². The summed E-state index contributed by atoms with van der Waals surface area (Å²) < 4.78 is 5.73. The zero-order chi connectivity index (χ0) is 13.2. The molecule has 1 atom stereocenters. The fourth-order valence-corrected chi connectivity index (χ4v) is 2.04. The molecular formula is C16H23ClO. The van der Waals surface area contributed by atoms with Crippen molar-refractivity contribution < 1.29 is 4.74 Å². The van der Waals surface area contributed by atoms with Gasteiger partial charge >= 0.3 is 0 Å². The Labute approximate surface area is 116 Å². The first-order valence-corrected chi connectivity index (χ1v) is 7.09. The molecule has 0 unspecified atom stereocenters. The first-order valence-electron chi connectivity index (χ1n) is 6.66. The van der Waals surface area contributed by atoms with Crippen LogP contribution in [0.3, 0.4) is 0 Å². The van der Waals surface area contributed by atoms with Gasteiger partial charge in [-0.25, -0.2) is 0 Å². The highest BCUT2D eigenvalue weighted by Gasteiger charge is 2.04. The smallest absolute Gasteiger partial charge is 0.0717 e. The summed E-state index contributed by atoms with van der Waals surface area (Å²) in [4.78, 5) is 0. The Morgan fingerprint density at radius 3 is 2.67 bits per heavy atom. The van der Waals surface area contributed by atoms with Gasteiger partial charge in [-0.2, -0.15) is 0 Å². The summed E-state index contributed by atoms with van der Waals surface area (Å²) in [6.07, 6.45) is 3.26. The van der Waals surface area contributed by atoms with Crippen LogP contribution < -0.4 is 0 Å². The molecule has 0 spiro atoms. The Morgan fingerprint density at radius 2 is 2.06 bits per heavy atom. The van der Waals surface area contributed by atoms with Crippen LogP contribution >= 0.6 is 11.6 Å². The molecule has 0 bridgehead atoms. The molecule has 2 heteroatoms. The average Bonchev–Trinajstić information content (AvgIpc) is 2.41. The second-order valence-electron chi connectivity index (χ2n) is 4.77. The summed E-state index contributed by atoms with van der Waals surface area (Å²) in [6, 6.07) is 10.3. The van der Waals surface area contributed by atoms with Crippen LogP contribution in [0.5, 0.6) is 0 Å². The summed E-state index contributed by atoms with van der Waals surface area (Å²) >= 11 is 5.74. The van der Waals surface area contributed by atoms with E-state index in [4.69, 9.17) is 16.3 Å². The van der Waals surface area contributed by atoms with E-state index in [0.29, 0.717) is 12.5 Å². The molecule has 0 aliphatic carbocycles. The summed E-state index contributed by atoms with van der Waals surface area (Å²) in [5, 5.41) is 0. The Kier molecular flexibility index (Phi) is 7.79. The van der Waals surface area contributed by atoms with Gasteiger partial charge in [0.25, 0.3) is 0 Å². The minimum absolute atomic E-state index is 0.576. The lowest BCUT2D eigenvalue weighted by Crippen LogP contribution is -2.06. The summed E-state index contributed by atoms with van der Waals surface area (Å²) in [5.74, 6) is 0.576. The van der Waals surface area contributed by atoms with Gasteiger partial charge < -0.3 is 4.74 Å². The molecule has 0 amide bonds. The van der Waals surface area contributed by atoms with Gasteiger partial charge in [0.1, 0.15) is 0 Å². The molecule has 0 aliphatic rings. The van der Waals surface area contributed by atoms with Gasteiger partial charge in [-0.3, -0.25) is 0 Å². The number of rotatable bonds is 8. The lowest BCUT2D eigenvalue weighted by molar-refractivity contribution is 0.0896. The maximum Gasteiger partial charge on any atom is 0.0717 e. The van der Waals surface area contributed by atoms with Gasteiger partial charge in [-0.1, -0.05) is 61.4 Å². The van der Waals surface area contributed by atoms with Crippen LogP contribution in [0.4, 0.5) is 0 Å². The van der Waals surface area contributed by atoms with Crippen molar-refractivity contribution in [3.8, 4) is 0 Å². The minimum atomic E-state index is 0.576. The average molecular weight is 267 g/mol. The van der Waals surface area contributed by atoms with Crippen molar-refractivity contribution in [3.05, 3.63) is 47.0 Å². The lowest BCUT2D eigenvalue weighted by atomic mass is 10.0. The molecule has 1 aromatic rings. The predicted molar refractivity (Wildman–Crippen MR) is 78.7 cm³/mol. The topological polar surface area (TPSA) is 9.23 Å². The number of ether oxygens (including phenoxy) is 1. The summed E-state index contributed by atoms with van der Waals surface area (Å²) in [5.41, 5.74) is 4.28. The Hall–Kier alpha value is -0.790. The van der Waals surface area contributed by atoms with Crippen LogP contribution in [0, 0.1) is 5.92 Å². The van der Waals surface area contributed by atoms with Gasteiger partial charge in [-0.15, -0.1) is 0 Å². The van der Waals surface area contributed by atoms with E-state index in [1.165, 1.54) is 11.1 Å². The van der Waals surface area contributed by atoms with Crippen LogP contribution in [0.2, 0.25) is 0 Å². The maximum atomic E-state index is 5.74. The van der Waals surface area contributed by atoms with Crippen molar-refractivity contribution in [2.45, 2.75) is 39.7 Å². The van der Waals surface area contributed by atoms with Crippen molar-refractivity contribution in [2.75, 3.05) is 6.61 Å². The number of hydrogen-bond donors (Lipinski definition) is 0. The number of hydrogen-bond acceptors (Lipinski definition) is 1. The Balaban J connectivity index is 2.16. The zero-order valence-corrected chi connectivity index (χ0v) is 12.1. The van der Waals surface area contributed by atoms with Crippen molar-refractivity contribution in [1.82, 2.24) is 0 Å². The third-order valence-corrected chi connectivity index (χ3v) is 3.39. The molecule has 18 heavy (non-hydrogen) atoms. The lowest BCUT2D eigenvalue weighted by Gasteiger charge is -2.12. The fourth-order valence-electron chi connectivity index (χ4n) is 1.78. The number of halogens is 1. The highest BCUT2D eigenvalue weighted by atomic mass is 35.5. The number of benzene rings is 1. The third kappa shape index (κ3) is 6.23. The molecule has 0 saturated carbocycles. The predicted octanol–water partition coefficient (Wildman–Crippen LogP) is 5.15. The third-order valence-electron chi connectivity index (χ3n) is 3.08. The van der Waals surface area contributed by atoms with Crippen LogP contribution in [-0.2, 0) is 11.3 Å². The Morgan fingerprint density at radius 1 is 1.33 bits per heavy atom. The SMILES string of the molecule is CCC(=CCl)CC[C@H](C)COCc1ccccc1. The van der Waals surface area contributed by atoms with E-state index in [1.807, 2.05) is 18.2 Å². The van der Waals surface area contributed by atoms with Crippen LogP contribution in [0.15, 0.2) is 41.4 Å². The molecule has 0 aromatic heterocycles. The molecule has 0 heterocycles. The molecule has 1 aromatic carbocycles. The molecule has 0 fully saturated rings. The van der Waals surface area contributed by atoms with Crippen molar-refractivity contribution >= 4 is 11.6 Å². The van der Waals surface area contributed by atoms with E-state index < -0.39 is 0 Å². The quantitative estimate of drug-likeness (QED) is 0.632. The first-order chi connectivity index (χ1) is 8.76. The van der Waals surface area contributed by atoms with Crippen LogP contribution in [0.1, 0.15) is 38.7 Å². The Bertz CT molecular complexity index is 345. The molecule has 0 N–H and O–H groups in total. The van der Waals surface area contributed by atoms with Crippen LogP contribution in [-0.4, -0.2) is 6.61 Å². The summed E-state index contributed by atoms with van der Waals surface area (Å²) in [6.45, 7) is 5.89. The summed E-state index contributed by atoms with van der Waals surface area (Å²) in [7, 11) is 0. The molecule has 0 radical (unpaired) electrons. The largest absolute Gasteiger partial charge is 0.376 e. The second-order valence-corrected chi connectivity index (χ2v) is 4.98. The van der Waals surface area contributed by atoms with Crippen molar-refractivity contribution in [1.29, 1.82) is 0 Å². The highest BCUT2D eigenvalue weighted by molar-refractivity contribution is 6.25. The van der Waals surface area contributed by atoms with Crippen molar-refractivity contribution in [2.24, 2.45) is 5.92 Å². The minimum Gasteiger partial charge on any atom is -0.376 e. The van der Waals surface area contributed by atoms with Gasteiger partial charge in [0.05, 0.1) is 6.61 Å². The van der Waals surface area contributed by atoms with Gasteiger partial charge in [0.15, 0.2) is 0 Å². The molecule has 0 aliphatic heterocycles. The van der Waals surface area contributed by atoms with Gasteiger partial charge in [0.2, 0.25) is 0 Å². The van der Waals surface area contributed by atoms with Crippen molar-refractivity contribution in [3.63, 3.8) is 0 Å². The van der Waals surface area contributed by atoms with E-state index in [-0.39, 0.29) is 0 Å². The maximum absolute atomic E-state index is 5.74. The normalized spacial score (nSPS) is 13.6.